The van der Waals surface area contributed by atoms with Crippen molar-refractivity contribution in [1.29, 1.82) is 0 Å². The molecular weight excluding hydrogens is 278 g/mol. The molecule has 0 aliphatic carbocycles. The first kappa shape index (κ1) is 16.7. The molecule has 2 heterocycles. The molecule has 1 fully saturated rings. The van der Waals surface area contributed by atoms with Gasteiger partial charge in [-0.15, -0.1) is 0 Å². The lowest BCUT2D eigenvalue weighted by Crippen LogP contribution is -2.46. The number of aromatic nitrogens is 1. The maximum Gasteiger partial charge on any atom is 0.317 e. The number of nitrogens with zero attached hydrogens (tertiary/aromatic N) is 2. The van der Waals surface area contributed by atoms with E-state index in [4.69, 9.17) is 4.74 Å². The topological polar surface area (TPSA) is 54.5 Å². The number of carbonyl (C=O) groups is 1. The second-order valence-corrected chi connectivity index (χ2v) is 5.89. The van der Waals surface area contributed by atoms with E-state index in [0.717, 1.165) is 50.9 Å². The number of unbranched alkanes of at least 4 members (excludes halogenated alkanes) is 1. The number of nitrogens with one attached hydrogen (secondary N) is 1. The van der Waals surface area contributed by atoms with Crippen LogP contribution in [0.3, 0.4) is 0 Å². The number of amides is 2. The van der Waals surface area contributed by atoms with Gasteiger partial charge >= 0.3 is 6.03 Å². The van der Waals surface area contributed by atoms with Crippen LogP contribution in [0.15, 0.2) is 24.5 Å². The molecular formula is C17H27N3O2. The van der Waals surface area contributed by atoms with Gasteiger partial charge in [0, 0.05) is 38.7 Å². The lowest BCUT2D eigenvalue weighted by atomic mass is 10.0. The van der Waals surface area contributed by atoms with Crippen molar-refractivity contribution in [3.05, 3.63) is 30.1 Å². The zero-order valence-electron chi connectivity index (χ0n) is 13.6. The molecule has 1 aliphatic rings. The first-order chi connectivity index (χ1) is 10.7. The molecule has 5 nitrogen and oxygen atoms in total. The van der Waals surface area contributed by atoms with Crippen molar-refractivity contribution in [3.63, 3.8) is 0 Å². The van der Waals surface area contributed by atoms with E-state index in [9.17, 15) is 4.79 Å². The van der Waals surface area contributed by atoms with E-state index in [0.29, 0.717) is 0 Å². The van der Waals surface area contributed by atoms with Crippen molar-refractivity contribution in [1.82, 2.24) is 15.2 Å². The molecule has 1 N–H and O–H groups in total. The van der Waals surface area contributed by atoms with Crippen LogP contribution in [-0.2, 0) is 4.74 Å². The van der Waals surface area contributed by atoms with Crippen molar-refractivity contribution in [3.8, 4) is 0 Å². The van der Waals surface area contributed by atoms with E-state index in [1.165, 1.54) is 0 Å². The maximum absolute atomic E-state index is 12.5. The molecule has 1 aromatic rings. The molecule has 5 heteroatoms. The molecule has 0 bridgehead atoms. The van der Waals surface area contributed by atoms with Gasteiger partial charge in [0.1, 0.15) is 0 Å². The Kier molecular flexibility index (Phi) is 6.65. The summed E-state index contributed by atoms with van der Waals surface area (Å²) >= 11 is 0. The normalized spacial score (nSPS) is 17.0. The third-order valence-electron chi connectivity index (χ3n) is 4.24. The lowest BCUT2D eigenvalue weighted by Gasteiger charge is -2.31. The molecule has 1 atom stereocenters. The van der Waals surface area contributed by atoms with Gasteiger partial charge in [-0.05, 0) is 30.9 Å². The van der Waals surface area contributed by atoms with Crippen molar-refractivity contribution < 1.29 is 9.53 Å². The summed E-state index contributed by atoms with van der Waals surface area (Å²) in [6.45, 7) is 3.63. The van der Waals surface area contributed by atoms with Crippen LogP contribution < -0.4 is 5.32 Å². The fraction of sp³-hybridized carbons (Fsp3) is 0.647. The number of ether oxygens (including phenoxy) is 1. The van der Waals surface area contributed by atoms with Crippen LogP contribution >= 0.6 is 0 Å². The number of carbonyl (C=O) groups excluding carboxylic acids is 1. The minimum Gasteiger partial charge on any atom is -0.381 e. The summed E-state index contributed by atoms with van der Waals surface area (Å²) in [5, 5.41) is 3.13. The molecule has 0 unspecified atom stereocenters. The summed E-state index contributed by atoms with van der Waals surface area (Å²) in [6.07, 6.45) is 8.58. The van der Waals surface area contributed by atoms with Crippen LogP contribution in [0.4, 0.5) is 4.79 Å². The Labute approximate surface area is 133 Å². The number of urea groups is 1. The van der Waals surface area contributed by atoms with E-state index < -0.39 is 0 Å². The number of hydrogen-bond acceptors (Lipinski definition) is 3. The van der Waals surface area contributed by atoms with E-state index >= 15 is 0 Å². The van der Waals surface area contributed by atoms with E-state index in [1.54, 1.807) is 6.20 Å². The van der Waals surface area contributed by atoms with E-state index in [1.807, 2.05) is 30.3 Å². The van der Waals surface area contributed by atoms with Crippen molar-refractivity contribution in [2.24, 2.45) is 0 Å². The predicted octanol–water partition coefficient (Wildman–Crippen LogP) is 3.13. The maximum atomic E-state index is 12.5. The zero-order chi connectivity index (χ0) is 15.8. The summed E-state index contributed by atoms with van der Waals surface area (Å²) in [6, 6.07) is 4.28. The Balaban J connectivity index is 2.00. The summed E-state index contributed by atoms with van der Waals surface area (Å²) < 4.78 is 5.34. The largest absolute Gasteiger partial charge is 0.381 e. The summed E-state index contributed by atoms with van der Waals surface area (Å²) in [7, 11) is 1.88. The van der Waals surface area contributed by atoms with Gasteiger partial charge < -0.3 is 15.0 Å². The highest BCUT2D eigenvalue weighted by Gasteiger charge is 2.24. The molecule has 2 rings (SSSR count). The molecule has 0 aromatic carbocycles. The number of pyridine rings is 1. The summed E-state index contributed by atoms with van der Waals surface area (Å²) in [5.41, 5.74) is 1.10. The quantitative estimate of drug-likeness (QED) is 0.878. The molecule has 0 spiro atoms. The summed E-state index contributed by atoms with van der Waals surface area (Å²) in [5.74, 6) is 0. The van der Waals surface area contributed by atoms with Crippen LogP contribution in [0.1, 0.15) is 50.6 Å². The van der Waals surface area contributed by atoms with Crippen LogP contribution in [0, 0.1) is 0 Å². The van der Waals surface area contributed by atoms with Gasteiger partial charge in [0.15, 0.2) is 0 Å². The Morgan fingerprint density at radius 1 is 1.50 bits per heavy atom. The van der Waals surface area contributed by atoms with Crippen molar-refractivity contribution >= 4 is 6.03 Å². The van der Waals surface area contributed by atoms with Gasteiger partial charge in [0.2, 0.25) is 0 Å². The van der Waals surface area contributed by atoms with Crippen LogP contribution in [0.2, 0.25) is 0 Å². The minimum absolute atomic E-state index is 0.00291. The van der Waals surface area contributed by atoms with Gasteiger partial charge in [-0.25, -0.2) is 4.79 Å². The summed E-state index contributed by atoms with van der Waals surface area (Å²) in [4.78, 5) is 18.6. The van der Waals surface area contributed by atoms with Gasteiger partial charge in [-0.3, -0.25) is 4.98 Å². The van der Waals surface area contributed by atoms with E-state index in [2.05, 4.69) is 17.2 Å². The third-order valence-corrected chi connectivity index (χ3v) is 4.24. The second kappa shape index (κ2) is 8.73. The Morgan fingerprint density at radius 2 is 2.27 bits per heavy atom. The van der Waals surface area contributed by atoms with Gasteiger partial charge in [0.25, 0.3) is 0 Å². The lowest BCUT2D eigenvalue weighted by molar-refractivity contribution is 0.0776. The first-order valence-corrected chi connectivity index (χ1v) is 8.23. The van der Waals surface area contributed by atoms with Crippen LogP contribution in [0.25, 0.3) is 0 Å². The molecule has 0 radical (unpaired) electrons. The molecule has 1 aliphatic heterocycles. The number of rotatable bonds is 6. The van der Waals surface area contributed by atoms with Gasteiger partial charge in [-0.1, -0.05) is 25.8 Å². The molecule has 0 saturated carbocycles. The highest BCUT2D eigenvalue weighted by Crippen LogP contribution is 2.25. The van der Waals surface area contributed by atoms with Gasteiger partial charge in [0.05, 0.1) is 6.04 Å². The second-order valence-electron chi connectivity index (χ2n) is 5.89. The van der Waals surface area contributed by atoms with E-state index in [-0.39, 0.29) is 18.1 Å². The van der Waals surface area contributed by atoms with Crippen LogP contribution in [-0.4, -0.2) is 42.2 Å². The highest BCUT2D eigenvalue weighted by molar-refractivity contribution is 5.74. The molecule has 2 amide bonds. The van der Waals surface area contributed by atoms with Gasteiger partial charge in [-0.2, -0.15) is 0 Å². The minimum atomic E-state index is -0.00291. The first-order valence-electron chi connectivity index (χ1n) is 8.23. The predicted molar refractivity (Wildman–Crippen MR) is 86.6 cm³/mol. The Morgan fingerprint density at radius 3 is 2.91 bits per heavy atom. The molecule has 1 aromatic heterocycles. The highest BCUT2D eigenvalue weighted by atomic mass is 16.5. The average molecular weight is 305 g/mol. The third kappa shape index (κ3) is 4.70. The molecule has 22 heavy (non-hydrogen) atoms. The molecule has 1 saturated heterocycles. The average Bonchev–Trinajstić information content (AvgIpc) is 2.57. The number of hydrogen-bond donors (Lipinski definition) is 1. The Hall–Kier alpha value is -1.62. The fourth-order valence-corrected chi connectivity index (χ4v) is 2.81. The standard InChI is InChI=1S/C17H27N3O2/c1-3-4-7-16(14-6-5-10-18-13-14)20(2)17(21)19-15-8-11-22-12-9-15/h5-6,10,13,15-16H,3-4,7-9,11-12H2,1-2H3,(H,19,21)/t16-/m1/s1. The fourth-order valence-electron chi connectivity index (χ4n) is 2.81. The van der Waals surface area contributed by atoms with Crippen LogP contribution in [0.5, 0.6) is 0 Å². The molecule has 122 valence electrons. The van der Waals surface area contributed by atoms with Crippen molar-refractivity contribution in [2.75, 3.05) is 20.3 Å². The van der Waals surface area contributed by atoms with Crippen molar-refractivity contribution in [2.45, 2.75) is 51.1 Å². The Bertz CT molecular complexity index is 446. The SMILES string of the molecule is CCCC[C@H](c1cccnc1)N(C)C(=O)NC1CCOCC1. The monoisotopic (exact) mass is 305 g/mol. The smallest absolute Gasteiger partial charge is 0.317 e. The zero-order valence-corrected chi connectivity index (χ0v) is 13.6.